The Hall–Kier alpha value is -2.03. The predicted molar refractivity (Wildman–Crippen MR) is 52.5 cm³/mol. The lowest BCUT2D eigenvalue weighted by Crippen LogP contribution is -2.10. The second-order valence-electron chi connectivity index (χ2n) is 2.71. The third-order valence-electron chi connectivity index (χ3n) is 1.78. The number of hydrogen-bond donors (Lipinski definition) is 0. The minimum Gasteiger partial charge on any atom is -0.491 e. The Morgan fingerprint density at radius 3 is 2.71 bits per heavy atom. The van der Waals surface area contributed by atoms with E-state index in [0.29, 0.717) is 5.46 Å². The fourth-order valence-corrected chi connectivity index (χ4v) is 1.22. The van der Waals surface area contributed by atoms with Crippen LogP contribution in [0.1, 0.15) is 5.56 Å². The Kier molecular flexibility index (Phi) is 2.72. The highest BCUT2D eigenvalue weighted by Crippen LogP contribution is 2.24. The number of methoxy groups -OCH3 is 1. The molecule has 0 saturated carbocycles. The summed E-state index contributed by atoms with van der Waals surface area (Å²) >= 11 is 0. The third kappa shape index (κ3) is 1.66. The summed E-state index contributed by atoms with van der Waals surface area (Å²) in [5.74, 6) is 0.203. The van der Waals surface area contributed by atoms with Crippen LogP contribution in [0, 0.1) is 21.4 Å². The molecule has 0 aromatic heterocycles. The molecule has 0 amide bonds. The maximum Gasteiger partial charge on any atom is 0.311 e. The number of nitro groups is 1. The van der Waals surface area contributed by atoms with E-state index in [0.717, 1.165) is 0 Å². The van der Waals surface area contributed by atoms with Crippen LogP contribution in [0.25, 0.3) is 0 Å². The number of nitrogens with zero attached hydrogens (tertiary/aromatic N) is 2. The molecule has 6 heteroatoms. The Labute approximate surface area is 81.5 Å². The van der Waals surface area contributed by atoms with Crippen molar-refractivity contribution in [1.82, 2.24) is 0 Å². The quantitative estimate of drug-likeness (QED) is 0.365. The van der Waals surface area contributed by atoms with Crippen molar-refractivity contribution in [3.8, 4) is 11.8 Å². The monoisotopic (exact) mass is 190 g/mol. The fraction of sp³-hybridized carbons (Fsp3) is 0.125. The summed E-state index contributed by atoms with van der Waals surface area (Å²) < 4.78 is 4.89. The fourth-order valence-electron chi connectivity index (χ4n) is 1.22. The topological polar surface area (TPSA) is 76.2 Å². The molecule has 70 valence electrons. The van der Waals surface area contributed by atoms with Crippen molar-refractivity contribution in [2.45, 2.75) is 0 Å². The van der Waals surface area contributed by atoms with Gasteiger partial charge in [0.25, 0.3) is 0 Å². The van der Waals surface area contributed by atoms with Gasteiger partial charge in [0, 0.05) is 6.07 Å². The number of rotatable bonds is 2. The molecule has 0 heterocycles. The summed E-state index contributed by atoms with van der Waals surface area (Å²) in [5, 5.41) is 19.2. The average molecular weight is 190 g/mol. The number of nitro benzene ring substituents is 1. The van der Waals surface area contributed by atoms with Gasteiger partial charge in [-0.15, -0.1) is 0 Å². The van der Waals surface area contributed by atoms with Crippen molar-refractivity contribution in [2.75, 3.05) is 7.11 Å². The molecule has 0 saturated heterocycles. The lowest BCUT2D eigenvalue weighted by atomic mass is 9.92. The summed E-state index contributed by atoms with van der Waals surface area (Å²) in [6, 6.07) is 4.60. The smallest absolute Gasteiger partial charge is 0.311 e. The molecule has 14 heavy (non-hydrogen) atoms. The first-order valence-electron chi connectivity index (χ1n) is 3.83. The summed E-state index contributed by atoms with van der Waals surface area (Å²) in [4.78, 5) is 10.1. The van der Waals surface area contributed by atoms with Gasteiger partial charge in [0.05, 0.1) is 23.7 Å². The van der Waals surface area contributed by atoms with Crippen LogP contribution in [0.3, 0.4) is 0 Å². The largest absolute Gasteiger partial charge is 0.491 e. The van der Waals surface area contributed by atoms with Gasteiger partial charge in [-0.2, -0.15) is 5.26 Å². The van der Waals surface area contributed by atoms with E-state index >= 15 is 0 Å². The zero-order valence-electron chi connectivity index (χ0n) is 7.77. The van der Waals surface area contributed by atoms with Crippen LogP contribution < -0.4 is 10.2 Å². The first kappa shape index (κ1) is 10.1. The molecule has 0 fully saturated rings. The van der Waals surface area contributed by atoms with Gasteiger partial charge in [-0.1, -0.05) is 0 Å². The SMILES string of the molecule is Bc1cc(C#N)cc([N+](=O)[O-])c1OC. The van der Waals surface area contributed by atoms with Crippen LogP contribution >= 0.6 is 0 Å². The van der Waals surface area contributed by atoms with Crippen molar-refractivity contribution in [1.29, 1.82) is 5.26 Å². The molecule has 0 atom stereocenters. The summed E-state index contributed by atoms with van der Waals surface area (Å²) in [7, 11) is 3.02. The molecular formula is C8H7BN2O3. The highest BCUT2D eigenvalue weighted by molar-refractivity contribution is 6.34. The van der Waals surface area contributed by atoms with E-state index < -0.39 is 4.92 Å². The summed E-state index contributed by atoms with van der Waals surface area (Å²) in [5.41, 5.74) is 0.664. The highest BCUT2D eigenvalue weighted by Gasteiger charge is 2.17. The van der Waals surface area contributed by atoms with Gasteiger partial charge in [0.2, 0.25) is 0 Å². The van der Waals surface area contributed by atoms with Gasteiger partial charge < -0.3 is 4.74 Å². The van der Waals surface area contributed by atoms with Crippen LogP contribution in [0.15, 0.2) is 12.1 Å². The molecule has 1 rings (SSSR count). The van der Waals surface area contributed by atoms with E-state index in [9.17, 15) is 10.1 Å². The molecule has 1 aromatic carbocycles. The zero-order chi connectivity index (χ0) is 10.7. The molecule has 0 aliphatic carbocycles. The maximum absolute atomic E-state index is 10.6. The summed E-state index contributed by atoms with van der Waals surface area (Å²) in [6.45, 7) is 0. The van der Waals surface area contributed by atoms with Gasteiger partial charge in [-0.3, -0.25) is 10.1 Å². The lowest BCUT2D eigenvalue weighted by molar-refractivity contribution is -0.385. The molecule has 0 aliphatic heterocycles. The van der Waals surface area contributed by atoms with Crippen molar-refractivity contribution in [3.63, 3.8) is 0 Å². The Balaban J connectivity index is 3.45. The van der Waals surface area contributed by atoms with E-state index in [1.54, 1.807) is 13.9 Å². The van der Waals surface area contributed by atoms with E-state index in [2.05, 4.69) is 0 Å². The Morgan fingerprint density at radius 1 is 1.64 bits per heavy atom. The van der Waals surface area contributed by atoms with Crippen LogP contribution in [-0.4, -0.2) is 19.9 Å². The van der Waals surface area contributed by atoms with Crippen molar-refractivity contribution in [3.05, 3.63) is 27.8 Å². The Morgan fingerprint density at radius 2 is 2.29 bits per heavy atom. The standard InChI is InChI=1S/C8H7BN2O3/c1-14-8-6(9)2-5(4-10)3-7(8)11(12)13/h2-3H,9H2,1H3. The zero-order valence-corrected chi connectivity index (χ0v) is 7.77. The minimum atomic E-state index is -0.563. The van der Waals surface area contributed by atoms with Crippen LogP contribution in [0.2, 0.25) is 0 Å². The molecule has 0 unspecified atom stereocenters. The molecule has 0 aliphatic rings. The molecule has 0 radical (unpaired) electrons. The number of hydrogen-bond acceptors (Lipinski definition) is 4. The third-order valence-corrected chi connectivity index (χ3v) is 1.78. The van der Waals surface area contributed by atoms with Crippen molar-refractivity contribution >= 4 is 19.0 Å². The van der Waals surface area contributed by atoms with Gasteiger partial charge >= 0.3 is 5.69 Å². The number of ether oxygens (including phenoxy) is 1. The first-order chi connectivity index (χ1) is 6.60. The van der Waals surface area contributed by atoms with E-state index in [4.69, 9.17) is 10.00 Å². The normalized spacial score (nSPS) is 9.14. The second-order valence-corrected chi connectivity index (χ2v) is 2.71. The van der Waals surface area contributed by atoms with Gasteiger partial charge in [0.1, 0.15) is 7.85 Å². The van der Waals surface area contributed by atoms with Gasteiger partial charge in [-0.25, -0.2) is 0 Å². The summed E-state index contributed by atoms with van der Waals surface area (Å²) in [6.07, 6.45) is 0. The molecule has 5 nitrogen and oxygen atoms in total. The van der Waals surface area contributed by atoms with Crippen LogP contribution in [0.4, 0.5) is 5.69 Å². The molecular weight excluding hydrogens is 183 g/mol. The number of nitriles is 1. The van der Waals surface area contributed by atoms with Crippen molar-refractivity contribution in [2.24, 2.45) is 0 Å². The van der Waals surface area contributed by atoms with E-state index in [1.165, 1.54) is 13.2 Å². The molecule has 0 N–H and O–H groups in total. The van der Waals surface area contributed by atoms with Crippen molar-refractivity contribution < 1.29 is 9.66 Å². The number of benzene rings is 1. The first-order valence-corrected chi connectivity index (χ1v) is 3.83. The highest BCUT2D eigenvalue weighted by atomic mass is 16.6. The predicted octanol–water partition coefficient (Wildman–Crippen LogP) is -0.267. The maximum atomic E-state index is 10.6. The average Bonchev–Trinajstić information content (AvgIpc) is 2.16. The minimum absolute atomic E-state index is 0.177. The molecule has 1 aromatic rings. The molecule has 0 spiro atoms. The van der Waals surface area contributed by atoms with Gasteiger partial charge in [0.15, 0.2) is 5.75 Å². The van der Waals surface area contributed by atoms with Crippen LogP contribution in [0.5, 0.6) is 5.75 Å². The molecule has 0 bridgehead atoms. The van der Waals surface area contributed by atoms with Gasteiger partial charge in [-0.05, 0) is 11.5 Å². The van der Waals surface area contributed by atoms with E-state index in [-0.39, 0.29) is 17.0 Å². The lowest BCUT2D eigenvalue weighted by Gasteiger charge is -2.05. The Bertz CT molecular complexity index is 425. The van der Waals surface area contributed by atoms with Crippen LogP contribution in [-0.2, 0) is 0 Å². The second kappa shape index (κ2) is 3.79. The van der Waals surface area contributed by atoms with E-state index in [1.807, 2.05) is 6.07 Å².